The summed E-state index contributed by atoms with van der Waals surface area (Å²) in [7, 11) is 1.39. The molecule has 8 nitrogen and oxygen atoms in total. The van der Waals surface area contributed by atoms with Crippen LogP contribution in [0, 0.1) is 5.95 Å². The number of fused-ring (bicyclic) bond motifs is 1. The Morgan fingerprint density at radius 3 is 2.33 bits per heavy atom. The summed E-state index contributed by atoms with van der Waals surface area (Å²) in [6, 6.07) is 4.09. The van der Waals surface area contributed by atoms with Gasteiger partial charge in [0, 0.05) is 31.0 Å². The summed E-state index contributed by atoms with van der Waals surface area (Å²) < 4.78 is 65.4. The van der Waals surface area contributed by atoms with Crippen molar-refractivity contribution in [3.63, 3.8) is 0 Å². The number of aromatic nitrogens is 4. The number of benzene rings is 1. The molecule has 1 aliphatic rings. The zero-order valence-electron chi connectivity index (χ0n) is 21.6. The van der Waals surface area contributed by atoms with Crippen molar-refractivity contribution in [2.75, 3.05) is 0 Å². The Bertz CT molecular complexity index is 1510. The van der Waals surface area contributed by atoms with E-state index in [4.69, 9.17) is 9.47 Å². The molecule has 1 aromatic carbocycles. The predicted octanol–water partition coefficient (Wildman–Crippen LogP) is 6.12. The Morgan fingerprint density at radius 1 is 1.08 bits per heavy atom. The van der Waals surface area contributed by atoms with E-state index in [0.717, 1.165) is 34.9 Å². The molecule has 0 radical (unpaired) electrons. The Labute approximate surface area is 229 Å². The number of carbonyl (C=O) groups is 1. The largest absolute Gasteiger partial charge is 0.491 e. The van der Waals surface area contributed by atoms with Crippen molar-refractivity contribution in [2.24, 2.45) is 7.05 Å². The van der Waals surface area contributed by atoms with Gasteiger partial charge in [0.05, 0.1) is 17.3 Å². The molecule has 0 aliphatic carbocycles. The van der Waals surface area contributed by atoms with Gasteiger partial charge in [-0.05, 0) is 45.4 Å². The van der Waals surface area contributed by atoms with Crippen molar-refractivity contribution < 1.29 is 31.8 Å². The normalized spacial score (nSPS) is 17.5. The second kappa shape index (κ2) is 9.52. The fourth-order valence-corrected chi connectivity index (χ4v) is 6.95. The van der Waals surface area contributed by atoms with E-state index in [2.05, 4.69) is 48.1 Å². The number of thiazole rings is 2. The van der Waals surface area contributed by atoms with E-state index in [0.29, 0.717) is 19.9 Å². The Morgan fingerprint density at radius 2 is 1.74 bits per heavy atom. The highest BCUT2D eigenvalue weighted by Gasteiger charge is 2.42. The number of hydrogen-bond acceptors (Lipinski definition) is 9. The Balaban J connectivity index is 1.46. The first-order chi connectivity index (χ1) is 18.1. The van der Waals surface area contributed by atoms with Crippen molar-refractivity contribution in [2.45, 2.75) is 63.9 Å². The molecule has 3 aromatic heterocycles. The highest BCUT2D eigenvalue weighted by molar-refractivity contribution is 7.28. The molecule has 1 fully saturated rings. The highest BCUT2D eigenvalue weighted by Crippen LogP contribution is 2.42. The number of nitrogens with zero attached hydrogens (tertiary/aromatic N) is 4. The minimum absolute atomic E-state index is 0.0428. The van der Waals surface area contributed by atoms with Gasteiger partial charge in [0.15, 0.2) is 9.66 Å². The molecule has 5 rings (SSSR count). The molecule has 4 aromatic rings. The molecule has 1 saturated heterocycles. The molecule has 1 aliphatic heterocycles. The van der Waals surface area contributed by atoms with E-state index in [1.165, 1.54) is 36.7 Å². The standard InChI is InChI=1S/C25H25F4N5O3S2/c1-23(2)9-13(10-24(3,4)33-23)36-22-32-20-19(39-22)31-18(38-20)14-7-6-12(15-11-30-34(5)17(15)26)8-16(14)37-21(35)25(27,28)29/h6-8,11,13,33H,9-10H2,1-5H3. The fourth-order valence-electron chi connectivity index (χ4n) is 4.97. The lowest BCUT2D eigenvalue weighted by Gasteiger charge is -2.45. The minimum Gasteiger partial charge on any atom is -0.466 e. The summed E-state index contributed by atoms with van der Waals surface area (Å²) in [6.45, 7) is 8.48. The number of aryl methyl sites for hydroxylation is 1. The van der Waals surface area contributed by atoms with Gasteiger partial charge in [-0.2, -0.15) is 27.6 Å². The third-order valence-corrected chi connectivity index (χ3v) is 8.15. The quantitative estimate of drug-likeness (QED) is 0.172. The first-order valence-electron chi connectivity index (χ1n) is 11.9. The first kappa shape index (κ1) is 27.5. The zero-order chi connectivity index (χ0) is 28.3. The van der Waals surface area contributed by atoms with Crippen LogP contribution in [0.3, 0.4) is 0 Å². The molecule has 0 saturated carbocycles. The van der Waals surface area contributed by atoms with E-state index in [1.807, 2.05) is 0 Å². The van der Waals surface area contributed by atoms with Crippen LogP contribution >= 0.6 is 22.7 Å². The third kappa shape index (κ3) is 5.77. The minimum atomic E-state index is -5.22. The van der Waals surface area contributed by atoms with Gasteiger partial charge < -0.3 is 14.8 Å². The monoisotopic (exact) mass is 583 g/mol. The van der Waals surface area contributed by atoms with Gasteiger partial charge in [0.1, 0.15) is 16.9 Å². The topological polar surface area (TPSA) is 91.2 Å². The van der Waals surface area contributed by atoms with Crippen LogP contribution in [0.1, 0.15) is 40.5 Å². The SMILES string of the molecule is Cn1ncc(-c2ccc(-c3nc4sc(OC5CC(C)(C)NC(C)(C)C5)nc4s3)c(OC(=O)C(F)(F)F)c2)c1F. The van der Waals surface area contributed by atoms with Crippen molar-refractivity contribution in [3.05, 3.63) is 30.3 Å². The van der Waals surface area contributed by atoms with Crippen molar-refractivity contribution in [1.82, 2.24) is 25.1 Å². The number of ether oxygens (including phenoxy) is 2. The molecule has 39 heavy (non-hydrogen) atoms. The smallest absolute Gasteiger partial charge is 0.466 e. The van der Waals surface area contributed by atoms with Gasteiger partial charge >= 0.3 is 12.1 Å². The molecule has 0 unspecified atom stereocenters. The van der Waals surface area contributed by atoms with E-state index >= 15 is 0 Å². The second-order valence-electron chi connectivity index (χ2n) is 10.7. The van der Waals surface area contributed by atoms with E-state index in [-0.39, 0.29) is 33.9 Å². The second-order valence-corrected chi connectivity index (χ2v) is 12.6. The maximum Gasteiger partial charge on any atom is 0.491 e. The van der Waals surface area contributed by atoms with E-state index < -0.39 is 23.8 Å². The summed E-state index contributed by atoms with van der Waals surface area (Å²) in [5.41, 5.74) is 0.152. The molecule has 1 N–H and O–H groups in total. The van der Waals surface area contributed by atoms with Gasteiger partial charge in [0.25, 0.3) is 5.19 Å². The van der Waals surface area contributed by atoms with Crippen molar-refractivity contribution in [3.8, 4) is 32.6 Å². The van der Waals surface area contributed by atoms with Gasteiger partial charge in [-0.15, -0.1) is 0 Å². The highest BCUT2D eigenvalue weighted by atomic mass is 32.1. The van der Waals surface area contributed by atoms with Crippen LogP contribution in [0.25, 0.3) is 31.4 Å². The Kier molecular flexibility index (Phi) is 6.71. The molecule has 0 bridgehead atoms. The van der Waals surface area contributed by atoms with Gasteiger partial charge in [0.2, 0.25) is 5.95 Å². The van der Waals surface area contributed by atoms with Gasteiger partial charge in [-0.25, -0.2) is 14.5 Å². The maximum absolute atomic E-state index is 14.4. The molecule has 208 valence electrons. The van der Waals surface area contributed by atoms with Crippen LogP contribution in [0.5, 0.6) is 10.9 Å². The third-order valence-electron chi connectivity index (χ3n) is 6.20. The van der Waals surface area contributed by atoms with Crippen molar-refractivity contribution >= 4 is 38.3 Å². The van der Waals surface area contributed by atoms with Gasteiger partial charge in [-0.3, -0.25) is 0 Å². The zero-order valence-corrected chi connectivity index (χ0v) is 23.3. The van der Waals surface area contributed by atoms with Crippen LogP contribution in [0.4, 0.5) is 17.6 Å². The molecule has 14 heteroatoms. The number of esters is 1. The van der Waals surface area contributed by atoms with E-state index in [1.54, 1.807) is 0 Å². The lowest BCUT2D eigenvalue weighted by molar-refractivity contribution is -0.189. The Hall–Kier alpha value is -3.10. The van der Waals surface area contributed by atoms with Crippen LogP contribution in [-0.2, 0) is 11.8 Å². The number of piperidine rings is 1. The lowest BCUT2D eigenvalue weighted by atomic mass is 9.81. The van der Waals surface area contributed by atoms with Crippen LogP contribution in [0.15, 0.2) is 24.4 Å². The molecule has 4 heterocycles. The first-order valence-corrected chi connectivity index (χ1v) is 13.6. The number of halogens is 4. The van der Waals surface area contributed by atoms with E-state index in [9.17, 15) is 22.4 Å². The number of hydrogen-bond donors (Lipinski definition) is 1. The number of nitrogens with one attached hydrogen (secondary N) is 1. The summed E-state index contributed by atoms with van der Waals surface area (Å²) in [5, 5.41) is 8.17. The lowest BCUT2D eigenvalue weighted by Crippen LogP contribution is -2.60. The summed E-state index contributed by atoms with van der Waals surface area (Å²) in [4.78, 5) is 21.8. The average Bonchev–Trinajstić information content (AvgIpc) is 3.44. The van der Waals surface area contributed by atoms with Crippen LogP contribution < -0.4 is 14.8 Å². The summed E-state index contributed by atoms with van der Waals surface area (Å²) >= 11 is 2.36. The number of rotatable bonds is 5. The summed E-state index contributed by atoms with van der Waals surface area (Å²) in [6.07, 6.45) is -2.46. The fraction of sp³-hybridized carbons (Fsp3) is 0.440. The molecule has 0 atom stereocenters. The van der Waals surface area contributed by atoms with Crippen LogP contribution in [0.2, 0.25) is 0 Å². The molecular formula is C25H25F4N5O3S2. The van der Waals surface area contributed by atoms with Crippen LogP contribution in [-0.4, -0.2) is 49.1 Å². The maximum atomic E-state index is 14.4. The summed E-state index contributed by atoms with van der Waals surface area (Å²) in [5.74, 6) is -3.49. The number of alkyl halides is 3. The molecule has 0 spiro atoms. The number of carbonyl (C=O) groups excluding carboxylic acids is 1. The molecular weight excluding hydrogens is 558 g/mol. The van der Waals surface area contributed by atoms with Crippen molar-refractivity contribution in [1.29, 1.82) is 0 Å². The molecule has 0 amide bonds. The average molecular weight is 584 g/mol. The van der Waals surface area contributed by atoms with Gasteiger partial charge in [-0.1, -0.05) is 28.7 Å². The predicted molar refractivity (Wildman–Crippen MR) is 140 cm³/mol.